The summed E-state index contributed by atoms with van der Waals surface area (Å²) in [5.41, 5.74) is 5.64. The van der Waals surface area contributed by atoms with Crippen LogP contribution in [0.1, 0.15) is 27.4 Å². The van der Waals surface area contributed by atoms with E-state index < -0.39 is 0 Å². The number of nitrogens with one attached hydrogen (secondary N) is 1. The summed E-state index contributed by atoms with van der Waals surface area (Å²) in [6.07, 6.45) is 0.312. The van der Waals surface area contributed by atoms with Crippen molar-refractivity contribution in [2.45, 2.75) is 37.8 Å². The minimum atomic E-state index is -0.0310. The molecule has 0 fully saturated rings. The van der Waals surface area contributed by atoms with Crippen molar-refractivity contribution in [3.63, 3.8) is 0 Å². The molecule has 26 heavy (non-hydrogen) atoms. The molecule has 0 spiro atoms. The number of nitrogens with zero attached hydrogens (tertiary/aromatic N) is 1. The Balaban J connectivity index is 1.53. The fourth-order valence-electron chi connectivity index (χ4n) is 2.44. The summed E-state index contributed by atoms with van der Waals surface area (Å²) in [4.78, 5) is 18.0. The van der Waals surface area contributed by atoms with Crippen LogP contribution in [0.4, 0.5) is 5.69 Å². The number of thiazole rings is 1. The predicted octanol–water partition coefficient (Wildman–Crippen LogP) is 5.54. The third-order valence-corrected chi connectivity index (χ3v) is 6.04. The zero-order chi connectivity index (χ0) is 18.5. The number of hydrogen-bond donors (Lipinski definition) is 1. The van der Waals surface area contributed by atoms with Crippen LogP contribution in [-0.4, -0.2) is 10.9 Å². The molecule has 1 N–H and O–H groups in total. The average Bonchev–Trinajstić information content (AvgIpc) is 3.05. The van der Waals surface area contributed by atoms with E-state index in [2.05, 4.69) is 42.3 Å². The predicted molar refractivity (Wildman–Crippen MR) is 111 cm³/mol. The van der Waals surface area contributed by atoms with Crippen molar-refractivity contribution in [3.8, 4) is 0 Å². The first kappa shape index (κ1) is 18.7. The van der Waals surface area contributed by atoms with Crippen LogP contribution < -0.4 is 5.32 Å². The number of aryl methyl sites for hydroxylation is 3. The molecule has 3 aromatic rings. The summed E-state index contributed by atoms with van der Waals surface area (Å²) in [5, 5.41) is 5.82. The number of amides is 1. The van der Waals surface area contributed by atoms with Gasteiger partial charge in [0.15, 0.2) is 0 Å². The molecular weight excluding hydrogens is 360 g/mol. The van der Waals surface area contributed by atoms with Crippen molar-refractivity contribution < 1.29 is 4.79 Å². The van der Waals surface area contributed by atoms with Crippen LogP contribution in [0.15, 0.2) is 52.7 Å². The highest BCUT2D eigenvalue weighted by Gasteiger charge is 2.09. The fraction of sp³-hybridized carbons (Fsp3) is 0.238. The molecule has 1 heterocycles. The van der Waals surface area contributed by atoms with Gasteiger partial charge in [0.05, 0.1) is 12.1 Å². The number of thioether (sulfide) groups is 1. The first-order valence-corrected chi connectivity index (χ1v) is 10.4. The summed E-state index contributed by atoms with van der Waals surface area (Å²) in [6.45, 7) is 6.28. The highest BCUT2D eigenvalue weighted by atomic mass is 32.2. The Morgan fingerprint density at radius 3 is 2.58 bits per heavy atom. The van der Waals surface area contributed by atoms with E-state index in [1.165, 1.54) is 21.6 Å². The monoisotopic (exact) mass is 382 g/mol. The Morgan fingerprint density at radius 2 is 1.85 bits per heavy atom. The van der Waals surface area contributed by atoms with Crippen LogP contribution in [0.2, 0.25) is 0 Å². The highest BCUT2D eigenvalue weighted by Crippen LogP contribution is 2.25. The lowest BCUT2D eigenvalue weighted by molar-refractivity contribution is -0.115. The van der Waals surface area contributed by atoms with Gasteiger partial charge in [-0.15, -0.1) is 23.1 Å². The van der Waals surface area contributed by atoms with Crippen LogP contribution in [0.25, 0.3) is 0 Å². The quantitative estimate of drug-likeness (QED) is 0.569. The Labute approximate surface area is 162 Å². The van der Waals surface area contributed by atoms with Crippen molar-refractivity contribution in [1.29, 1.82) is 0 Å². The number of rotatable bonds is 6. The second-order valence-corrected chi connectivity index (χ2v) is 8.35. The minimum absolute atomic E-state index is 0.0310. The van der Waals surface area contributed by atoms with Crippen molar-refractivity contribution in [2.75, 3.05) is 5.32 Å². The minimum Gasteiger partial charge on any atom is -0.326 e. The van der Waals surface area contributed by atoms with Gasteiger partial charge in [0.2, 0.25) is 5.91 Å². The zero-order valence-corrected chi connectivity index (χ0v) is 16.8. The van der Waals surface area contributed by atoms with E-state index in [4.69, 9.17) is 0 Å². The Morgan fingerprint density at radius 1 is 1.08 bits per heavy atom. The second-order valence-electron chi connectivity index (χ2n) is 6.36. The molecular formula is C21H22N2OS2. The summed E-state index contributed by atoms with van der Waals surface area (Å²) in [5.74, 6) is 0.787. The average molecular weight is 383 g/mol. The standard InChI is InChI=1S/C21H22N2OS2/c1-14-4-7-17(8-5-14)22-20(24)11-21-23-18(13-26-21)12-25-19-9-6-15(2)16(3)10-19/h4-10,13H,11-12H2,1-3H3,(H,22,24). The van der Waals surface area contributed by atoms with E-state index in [-0.39, 0.29) is 5.91 Å². The van der Waals surface area contributed by atoms with Gasteiger partial charge in [-0.3, -0.25) is 4.79 Å². The molecule has 1 amide bonds. The first-order valence-electron chi connectivity index (χ1n) is 8.49. The van der Waals surface area contributed by atoms with Gasteiger partial charge in [-0.25, -0.2) is 4.98 Å². The SMILES string of the molecule is Cc1ccc(NC(=O)Cc2nc(CSc3ccc(C)c(C)c3)cs2)cc1. The molecule has 134 valence electrons. The van der Waals surface area contributed by atoms with Gasteiger partial charge in [-0.1, -0.05) is 23.8 Å². The molecule has 0 aliphatic heterocycles. The van der Waals surface area contributed by atoms with Gasteiger partial charge in [-0.05, 0) is 56.2 Å². The fourth-order valence-corrected chi connectivity index (χ4v) is 4.22. The Bertz CT molecular complexity index is 901. The maximum atomic E-state index is 12.2. The Hall–Kier alpha value is -2.11. The zero-order valence-electron chi connectivity index (χ0n) is 15.2. The number of aromatic nitrogens is 1. The molecule has 5 heteroatoms. The molecule has 1 aromatic heterocycles. The van der Waals surface area contributed by atoms with E-state index in [1.54, 1.807) is 23.1 Å². The van der Waals surface area contributed by atoms with Gasteiger partial charge in [0.1, 0.15) is 5.01 Å². The van der Waals surface area contributed by atoms with Crippen molar-refractivity contribution in [1.82, 2.24) is 4.98 Å². The molecule has 3 rings (SSSR count). The molecule has 0 radical (unpaired) electrons. The molecule has 0 unspecified atom stereocenters. The molecule has 0 aliphatic carbocycles. The number of anilines is 1. The van der Waals surface area contributed by atoms with E-state index in [9.17, 15) is 4.79 Å². The maximum Gasteiger partial charge on any atom is 0.231 e. The van der Waals surface area contributed by atoms with Crippen LogP contribution in [0.5, 0.6) is 0 Å². The summed E-state index contributed by atoms with van der Waals surface area (Å²) < 4.78 is 0. The Kier molecular flexibility index (Phi) is 6.12. The lowest BCUT2D eigenvalue weighted by atomic mass is 10.1. The van der Waals surface area contributed by atoms with E-state index >= 15 is 0 Å². The molecule has 0 atom stereocenters. The van der Waals surface area contributed by atoms with E-state index in [1.807, 2.05) is 36.6 Å². The smallest absolute Gasteiger partial charge is 0.231 e. The van der Waals surface area contributed by atoms with Crippen molar-refractivity contribution >= 4 is 34.7 Å². The normalized spacial score (nSPS) is 10.7. The van der Waals surface area contributed by atoms with E-state index in [0.717, 1.165) is 22.1 Å². The molecule has 0 saturated carbocycles. The van der Waals surface area contributed by atoms with Crippen molar-refractivity contribution in [2.24, 2.45) is 0 Å². The summed E-state index contributed by atoms with van der Waals surface area (Å²) >= 11 is 3.32. The van der Waals surface area contributed by atoms with Crippen molar-refractivity contribution in [3.05, 3.63) is 75.2 Å². The van der Waals surface area contributed by atoms with Gasteiger partial charge < -0.3 is 5.32 Å². The topological polar surface area (TPSA) is 42.0 Å². The molecule has 0 saturated heterocycles. The number of hydrogen-bond acceptors (Lipinski definition) is 4. The van der Waals surface area contributed by atoms with Gasteiger partial charge in [0.25, 0.3) is 0 Å². The highest BCUT2D eigenvalue weighted by molar-refractivity contribution is 7.98. The van der Waals surface area contributed by atoms with Gasteiger partial charge >= 0.3 is 0 Å². The lowest BCUT2D eigenvalue weighted by Crippen LogP contribution is -2.14. The lowest BCUT2D eigenvalue weighted by Gasteiger charge is -2.04. The maximum absolute atomic E-state index is 12.2. The molecule has 3 nitrogen and oxygen atoms in total. The summed E-state index contributed by atoms with van der Waals surface area (Å²) in [6, 6.07) is 14.3. The van der Waals surface area contributed by atoms with Gasteiger partial charge in [-0.2, -0.15) is 0 Å². The van der Waals surface area contributed by atoms with E-state index in [0.29, 0.717) is 6.42 Å². The number of carbonyl (C=O) groups is 1. The number of benzene rings is 2. The number of carbonyl (C=O) groups excluding carboxylic acids is 1. The third-order valence-electron chi connectivity index (χ3n) is 4.11. The molecule has 0 aliphatic rings. The second kappa shape index (κ2) is 8.52. The third kappa shape index (κ3) is 5.19. The summed E-state index contributed by atoms with van der Waals surface area (Å²) in [7, 11) is 0. The van der Waals surface area contributed by atoms with Crippen LogP contribution in [-0.2, 0) is 17.0 Å². The van der Waals surface area contributed by atoms with Crippen LogP contribution in [0.3, 0.4) is 0 Å². The van der Waals surface area contributed by atoms with Crippen LogP contribution in [0, 0.1) is 20.8 Å². The largest absolute Gasteiger partial charge is 0.326 e. The molecule has 2 aromatic carbocycles. The van der Waals surface area contributed by atoms with Crippen LogP contribution >= 0.6 is 23.1 Å². The van der Waals surface area contributed by atoms with Gasteiger partial charge in [0, 0.05) is 21.7 Å². The first-order chi connectivity index (χ1) is 12.5. The molecule has 0 bridgehead atoms.